The molecule has 0 atom stereocenters. The molecule has 0 radical (unpaired) electrons. The van der Waals surface area contributed by atoms with Gasteiger partial charge in [-0.2, -0.15) is 0 Å². The molecule has 0 unspecified atom stereocenters. The van der Waals surface area contributed by atoms with Gasteiger partial charge in [0.25, 0.3) is 0 Å². The molecule has 2 amide bonds. The van der Waals surface area contributed by atoms with Crippen molar-refractivity contribution >= 4 is 17.5 Å². The second-order valence-electron chi connectivity index (χ2n) is 5.22. The maximum atomic E-state index is 11.9. The van der Waals surface area contributed by atoms with Gasteiger partial charge in [-0.3, -0.25) is 9.59 Å². The Bertz CT molecular complexity index is 698. The van der Waals surface area contributed by atoms with Crippen LogP contribution in [0.2, 0.25) is 0 Å². The summed E-state index contributed by atoms with van der Waals surface area (Å²) in [6.07, 6.45) is -0.219. The minimum atomic E-state index is -0.361. The fourth-order valence-electron chi connectivity index (χ4n) is 2.14. The van der Waals surface area contributed by atoms with E-state index in [2.05, 4.69) is 10.6 Å². The van der Waals surface area contributed by atoms with Crippen LogP contribution in [0.25, 0.3) is 0 Å². The van der Waals surface area contributed by atoms with Crippen molar-refractivity contribution in [3.8, 4) is 5.75 Å². The Morgan fingerprint density at radius 2 is 1.83 bits per heavy atom. The van der Waals surface area contributed by atoms with Crippen LogP contribution in [0.4, 0.5) is 5.69 Å². The number of carbonyl (C=O) groups is 2. The van der Waals surface area contributed by atoms with Crippen LogP contribution in [0.1, 0.15) is 17.5 Å². The van der Waals surface area contributed by atoms with E-state index in [1.165, 1.54) is 0 Å². The number of hydrogen-bond acceptors (Lipinski definition) is 3. The van der Waals surface area contributed by atoms with E-state index in [1.807, 2.05) is 31.2 Å². The summed E-state index contributed by atoms with van der Waals surface area (Å²) < 4.78 is 5.08. The number of methoxy groups -OCH3 is 1. The van der Waals surface area contributed by atoms with E-state index in [4.69, 9.17) is 4.74 Å². The van der Waals surface area contributed by atoms with E-state index in [1.54, 1.807) is 31.4 Å². The molecule has 0 heterocycles. The van der Waals surface area contributed by atoms with E-state index in [0.29, 0.717) is 18.0 Å². The van der Waals surface area contributed by atoms with Gasteiger partial charge in [-0.15, -0.1) is 0 Å². The maximum absolute atomic E-state index is 11.9. The second kappa shape index (κ2) is 7.98. The van der Waals surface area contributed by atoms with Crippen LogP contribution in [0.3, 0.4) is 0 Å². The summed E-state index contributed by atoms with van der Waals surface area (Å²) in [6.45, 7) is 2.40. The number of aryl methyl sites for hydroxylation is 1. The van der Waals surface area contributed by atoms with E-state index in [0.717, 1.165) is 11.1 Å². The molecule has 0 aliphatic heterocycles. The standard InChI is InChI=1S/C18H20N2O3/c1-13-5-3-6-14(9-13)12-19-17(21)11-18(22)20-15-7-4-8-16(10-15)23-2/h3-10H,11-12H2,1-2H3,(H,19,21)(H,20,22). The smallest absolute Gasteiger partial charge is 0.233 e. The molecular formula is C18H20N2O3. The lowest BCUT2D eigenvalue weighted by Crippen LogP contribution is -2.27. The zero-order valence-corrected chi connectivity index (χ0v) is 13.3. The van der Waals surface area contributed by atoms with Crippen molar-refractivity contribution in [2.45, 2.75) is 19.9 Å². The minimum absolute atomic E-state index is 0.219. The van der Waals surface area contributed by atoms with E-state index in [-0.39, 0.29) is 18.2 Å². The molecule has 0 bridgehead atoms. The van der Waals surface area contributed by atoms with Crippen molar-refractivity contribution in [2.24, 2.45) is 0 Å². The normalized spacial score (nSPS) is 10.0. The molecular weight excluding hydrogens is 292 g/mol. The first-order valence-electron chi connectivity index (χ1n) is 7.33. The SMILES string of the molecule is COc1cccc(NC(=O)CC(=O)NCc2cccc(C)c2)c1. The minimum Gasteiger partial charge on any atom is -0.497 e. The Labute approximate surface area is 135 Å². The summed E-state index contributed by atoms with van der Waals surface area (Å²) in [5, 5.41) is 5.42. The first kappa shape index (κ1) is 16.5. The molecule has 0 spiro atoms. The molecule has 5 heteroatoms. The summed E-state index contributed by atoms with van der Waals surface area (Å²) in [5.74, 6) is -0.0291. The molecule has 120 valence electrons. The molecule has 2 N–H and O–H groups in total. The Kier molecular flexibility index (Phi) is 5.74. The molecule has 0 fully saturated rings. The highest BCUT2D eigenvalue weighted by Gasteiger charge is 2.10. The summed E-state index contributed by atoms with van der Waals surface area (Å²) >= 11 is 0. The molecule has 2 aromatic carbocycles. The summed E-state index contributed by atoms with van der Waals surface area (Å²) in [5.41, 5.74) is 2.74. The van der Waals surface area contributed by atoms with Crippen LogP contribution in [0.15, 0.2) is 48.5 Å². The lowest BCUT2D eigenvalue weighted by Gasteiger charge is -2.08. The van der Waals surface area contributed by atoms with E-state index >= 15 is 0 Å². The third kappa shape index (κ3) is 5.47. The first-order valence-corrected chi connectivity index (χ1v) is 7.33. The van der Waals surface area contributed by atoms with Gasteiger partial charge in [-0.25, -0.2) is 0 Å². The summed E-state index contributed by atoms with van der Waals surface area (Å²) in [4.78, 5) is 23.7. The van der Waals surface area contributed by atoms with Gasteiger partial charge in [0.15, 0.2) is 0 Å². The third-order valence-electron chi connectivity index (χ3n) is 3.25. The van der Waals surface area contributed by atoms with Crippen LogP contribution < -0.4 is 15.4 Å². The van der Waals surface area contributed by atoms with Crippen LogP contribution in [-0.2, 0) is 16.1 Å². The third-order valence-corrected chi connectivity index (χ3v) is 3.25. The number of benzene rings is 2. The Balaban J connectivity index is 1.81. The number of anilines is 1. The molecule has 0 aliphatic carbocycles. The van der Waals surface area contributed by atoms with Gasteiger partial charge in [0.05, 0.1) is 7.11 Å². The zero-order valence-electron chi connectivity index (χ0n) is 13.3. The predicted molar refractivity (Wildman–Crippen MR) is 89.3 cm³/mol. The zero-order chi connectivity index (χ0) is 16.7. The predicted octanol–water partition coefficient (Wildman–Crippen LogP) is 2.65. The molecule has 23 heavy (non-hydrogen) atoms. The number of ether oxygens (including phenoxy) is 1. The molecule has 5 nitrogen and oxygen atoms in total. The Morgan fingerprint density at radius 1 is 1.04 bits per heavy atom. The molecule has 0 aromatic heterocycles. The number of carbonyl (C=O) groups excluding carboxylic acids is 2. The van der Waals surface area contributed by atoms with Crippen molar-refractivity contribution < 1.29 is 14.3 Å². The van der Waals surface area contributed by atoms with Gasteiger partial charge in [0.1, 0.15) is 12.2 Å². The average Bonchev–Trinajstić information content (AvgIpc) is 2.53. The number of nitrogens with one attached hydrogen (secondary N) is 2. The van der Waals surface area contributed by atoms with Crippen molar-refractivity contribution in [2.75, 3.05) is 12.4 Å². The summed E-state index contributed by atoms with van der Waals surface area (Å²) in [6, 6.07) is 14.9. The number of rotatable bonds is 6. The Morgan fingerprint density at radius 3 is 2.57 bits per heavy atom. The fourth-order valence-corrected chi connectivity index (χ4v) is 2.14. The lowest BCUT2D eigenvalue weighted by molar-refractivity contribution is -0.126. The lowest BCUT2D eigenvalue weighted by atomic mass is 10.1. The van der Waals surface area contributed by atoms with Crippen LogP contribution in [0, 0.1) is 6.92 Å². The van der Waals surface area contributed by atoms with E-state index in [9.17, 15) is 9.59 Å². The van der Waals surface area contributed by atoms with E-state index < -0.39 is 0 Å². The van der Waals surface area contributed by atoms with Crippen LogP contribution >= 0.6 is 0 Å². The highest BCUT2D eigenvalue weighted by Crippen LogP contribution is 2.16. The molecule has 2 rings (SSSR count). The first-order chi connectivity index (χ1) is 11.1. The Hall–Kier alpha value is -2.82. The van der Waals surface area contributed by atoms with Crippen LogP contribution in [-0.4, -0.2) is 18.9 Å². The van der Waals surface area contributed by atoms with Crippen molar-refractivity contribution in [1.82, 2.24) is 5.32 Å². The average molecular weight is 312 g/mol. The molecule has 0 saturated heterocycles. The number of hydrogen-bond donors (Lipinski definition) is 2. The highest BCUT2D eigenvalue weighted by atomic mass is 16.5. The van der Waals surface area contributed by atoms with Gasteiger partial charge in [0.2, 0.25) is 11.8 Å². The van der Waals surface area contributed by atoms with Gasteiger partial charge in [-0.1, -0.05) is 35.9 Å². The van der Waals surface area contributed by atoms with Crippen LogP contribution in [0.5, 0.6) is 5.75 Å². The summed E-state index contributed by atoms with van der Waals surface area (Å²) in [7, 11) is 1.56. The monoisotopic (exact) mass is 312 g/mol. The molecule has 0 saturated carbocycles. The van der Waals surface area contributed by atoms with Gasteiger partial charge < -0.3 is 15.4 Å². The van der Waals surface area contributed by atoms with Gasteiger partial charge in [0, 0.05) is 18.3 Å². The maximum Gasteiger partial charge on any atom is 0.233 e. The number of amides is 2. The van der Waals surface area contributed by atoms with Crippen molar-refractivity contribution in [1.29, 1.82) is 0 Å². The van der Waals surface area contributed by atoms with Crippen molar-refractivity contribution in [3.05, 3.63) is 59.7 Å². The fraction of sp³-hybridized carbons (Fsp3) is 0.222. The highest BCUT2D eigenvalue weighted by molar-refractivity contribution is 6.03. The quantitative estimate of drug-likeness (QED) is 0.806. The second-order valence-corrected chi connectivity index (χ2v) is 5.22. The largest absolute Gasteiger partial charge is 0.497 e. The topological polar surface area (TPSA) is 67.4 Å². The molecule has 0 aliphatic rings. The van der Waals surface area contributed by atoms with Crippen molar-refractivity contribution in [3.63, 3.8) is 0 Å². The van der Waals surface area contributed by atoms with Gasteiger partial charge >= 0.3 is 0 Å². The van der Waals surface area contributed by atoms with Gasteiger partial charge in [-0.05, 0) is 24.6 Å². The molecule has 2 aromatic rings.